The van der Waals surface area contributed by atoms with Crippen molar-refractivity contribution in [2.45, 2.75) is 31.8 Å². The topological polar surface area (TPSA) is 37.2 Å². The Morgan fingerprint density at radius 3 is 2.87 bits per heavy atom. The molecule has 0 aliphatic carbocycles. The molecule has 7 heteroatoms. The van der Waals surface area contributed by atoms with Crippen molar-refractivity contribution in [3.63, 3.8) is 0 Å². The highest BCUT2D eigenvalue weighted by atomic mass is 35.5. The fraction of sp³-hybridized carbons (Fsp3) is 0.625. The minimum absolute atomic E-state index is 0.465. The van der Waals surface area contributed by atoms with Gasteiger partial charge in [0.15, 0.2) is 0 Å². The summed E-state index contributed by atoms with van der Waals surface area (Å²) in [5.41, 5.74) is 0. The molecule has 23 heavy (non-hydrogen) atoms. The molecule has 1 aliphatic rings. The van der Waals surface area contributed by atoms with Crippen LogP contribution in [0, 0.1) is 0 Å². The second-order valence-corrected chi connectivity index (χ2v) is 8.35. The molecular formula is C16H24ClN5S. The van der Waals surface area contributed by atoms with Crippen LogP contribution in [-0.2, 0) is 20.1 Å². The average Bonchev–Trinajstić information content (AvgIpc) is 3.06. The zero-order valence-corrected chi connectivity index (χ0v) is 15.6. The van der Waals surface area contributed by atoms with Gasteiger partial charge in [-0.15, -0.1) is 21.5 Å². The van der Waals surface area contributed by atoms with E-state index < -0.39 is 0 Å². The summed E-state index contributed by atoms with van der Waals surface area (Å²) in [6, 6.07) is 4.12. The smallest absolute Gasteiger partial charge is 0.146 e. The van der Waals surface area contributed by atoms with Crippen LogP contribution < -0.4 is 0 Å². The molecule has 0 bridgehead atoms. The van der Waals surface area contributed by atoms with Gasteiger partial charge in [-0.1, -0.05) is 11.6 Å². The van der Waals surface area contributed by atoms with Crippen LogP contribution in [0.4, 0.5) is 0 Å². The molecule has 3 rings (SSSR count). The minimum Gasteiger partial charge on any atom is -0.317 e. The van der Waals surface area contributed by atoms with Gasteiger partial charge in [0, 0.05) is 30.9 Å². The number of piperidine rings is 1. The molecule has 0 aromatic carbocycles. The van der Waals surface area contributed by atoms with Crippen LogP contribution in [0.2, 0.25) is 4.34 Å². The molecule has 0 N–H and O–H groups in total. The number of hydrogen-bond donors (Lipinski definition) is 0. The van der Waals surface area contributed by atoms with Gasteiger partial charge in [-0.3, -0.25) is 4.90 Å². The van der Waals surface area contributed by atoms with Gasteiger partial charge >= 0.3 is 0 Å². The summed E-state index contributed by atoms with van der Waals surface area (Å²) < 4.78 is 3.05. The number of halogens is 1. The van der Waals surface area contributed by atoms with Gasteiger partial charge in [-0.05, 0) is 45.6 Å². The van der Waals surface area contributed by atoms with E-state index >= 15 is 0 Å². The summed E-state index contributed by atoms with van der Waals surface area (Å²) in [6.07, 6.45) is 2.40. The Labute approximate surface area is 146 Å². The Morgan fingerprint density at radius 1 is 1.35 bits per heavy atom. The van der Waals surface area contributed by atoms with Crippen LogP contribution >= 0.6 is 22.9 Å². The van der Waals surface area contributed by atoms with Gasteiger partial charge in [0.05, 0.1) is 10.9 Å². The Morgan fingerprint density at radius 2 is 2.17 bits per heavy atom. The molecule has 0 saturated carbocycles. The fourth-order valence-corrected chi connectivity index (χ4v) is 4.35. The van der Waals surface area contributed by atoms with Crippen molar-refractivity contribution in [2.24, 2.45) is 7.05 Å². The monoisotopic (exact) mass is 353 g/mol. The first-order chi connectivity index (χ1) is 11.0. The number of thiophene rings is 1. The third kappa shape index (κ3) is 4.12. The lowest BCUT2D eigenvalue weighted by Gasteiger charge is -2.31. The minimum atomic E-state index is 0.465. The Hall–Kier alpha value is -0.950. The van der Waals surface area contributed by atoms with Crippen LogP contribution in [-0.4, -0.2) is 51.7 Å². The summed E-state index contributed by atoms with van der Waals surface area (Å²) >= 11 is 7.72. The molecule has 0 unspecified atom stereocenters. The molecule has 1 aliphatic heterocycles. The molecule has 0 spiro atoms. The molecular weight excluding hydrogens is 330 g/mol. The number of hydrogen-bond acceptors (Lipinski definition) is 5. The molecule has 2 aromatic rings. The van der Waals surface area contributed by atoms with Gasteiger partial charge in [0.25, 0.3) is 0 Å². The lowest BCUT2D eigenvalue weighted by Crippen LogP contribution is -2.34. The molecule has 2 aromatic heterocycles. The van der Waals surface area contributed by atoms with Gasteiger partial charge in [-0.25, -0.2) is 0 Å². The normalized spacial score (nSPS) is 19.6. The Kier molecular flexibility index (Phi) is 5.36. The standard InChI is InChI=1S/C16H24ClN5S/c1-20(2)11-15-18-19-16(21(15)3)12-5-4-8-22(9-12)10-13-6-7-14(17)23-13/h6-7,12H,4-5,8-11H2,1-3H3/t12-/m0/s1. The van der Waals surface area contributed by atoms with E-state index in [-0.39, 0.29) is 0 Å². The van der Waals surface area contributed by atoms with E-state index in [1.54, 1.807) is 11.3 Å². The van der Waals surface area contributed by atoms with Gasteiger partial charge < -0.3 is 9.47 Å². The highest BCUT2D eigenvalue weighted by Crippen LogP contribution is 2.29. The molecule has 0 radical (unpaired) electrons. The number of rotatable bonds is 5. The first-order valence-corrected chi connectivity index (χ1v) is 9.22. The van der Waals surface area contributed by atoms with Crippen LogP contribution in [0.5, 0.6) is 0 Å². The van der Waals surface area contributed by atoms with E-state index in [1.807, 2.05) is 6.07 Å². The quantitative estimate of drug-likeness (QED) is 0.828. The van der Waals surface area contributed by atoms with Crippen molar-refractivity contribution >= 4 is 22.9 Å². The van der Waals surface area contributed by atoms with Gasteiger partial charge in [0.1, 0.15) is 11.6 Å². The maximum atomic E-state index is 6.04. The van der Waals surface area contributed by atoms with Crippen molar-refractivity contribution in [1.29, 1.82) is 0 Å². The van der Waals surface area contributed by atoms with Crippen LogP contribution in [0.3, 0.4) is 0 Å². The fourth-order valence-electron chi connectivity index (χ4n) is 3.22. The molecule has 0 amide bonds. The number of likely N-dealkylation sites (tertiary alicyclic amines) is 1. The SMILES string of the molecule is CN(C)Cc1nnc([C@H]2CCCN(Cc3ccc(Cl)s3)C2)n1C. The van der Waals surface area contributed by atoms with Crippen molar-refractivity contribution in [2.75, 3.05) is 27.2 Å². The lowest BCUT2D eigenvalue weighted by molar-refractivity contribution is 0.196. The highest BCUT2D eigenvalue weighted by Gasteiger charge is 2.26. The third-order valence-electron chi connectivity index (χ3n) is 4.34. The Balaban J connectivity index is 1.67. The third-order valence-corrected chi connectivity index (χ3v) is 5.55. The van der Waals surface area contributed by atoms with E-state index in [4.69, 9.17) is 11.6 Å². The van der Waals surface area contributed by atoms with E-state index in [1.165, 1.54) is 17.7 Å². The number of aromatic nitrogens is 3. The first-order valence-electron chi connectivity index (χ1n) is 8.02. The van der Waals surface area contributed by atoms with Crippen molar-refractivity contribution in [3.8, 4) is 0 Å². The van der Waals surface area contributed by atoms with Crippen LogP contribution in [0.25, 0.3) is 0 Å². The maximum Gasteiger partial charge on any atom is 0.146 e. The molecule has 126 valence electrons. The second kappa shape index (κ2) is 7.30. The zero-order chi connectivity index (χ0) is 16.4. The summed E-state index contributed by atoms with van der Waals surface area (Å²) in [4.78, 5) is 5.97. The molecule has 5 nitrogen and oxygen atoms in total. The highest BCUT2D eigenvalue weighted by molar-refractivity contribution is 7.16. The van der Waals surface area contributed by atoms with E-state index in [0.29, 0.717) is 5.92 Å². The van der Waals surface area contributed by atoms with Gasteiger partial charge in [0.2, 0.25) is 0 Å². The van der Waals surface area contributed by atoms with Gasteiger partial charge in [-0.2, -0.15) is 0 Å². The molecule has 1 atom stereocenters. The zero-order valence-electron chi connectivity index (χ0n) is 14.0. The largest absolute Gasteiger partial charge is 0.317 e. The van der Waals surface area contributed by atoms with Crippen LogP contribution in [0.15, 0.2) is 12.1 Å². The predicted molar refractivity (Wildman–Crippen MR) is 95.0 cm³/mol. The first kappa shape index (κ1) is 16.9. The molecule has 1 fully saturated rings. The van der Waals surface area contributed by atoms with Crippen molar-refractivity contribution in [1.82, 2.24) is 24.6 Å². The van der Waals surface area contributed by atoms with Crippen molar-refractivity contribution < 1.29 is 0 Å². The lowest BCUT2D eigenvalue weighted by atomic mass is 9.97. The summed E-state index contributed by atoms with van der Waals surface area (Å²) in [5, 5.41) is 8.86. The summed E-state index contributed by atoms with van der Waals surface area (Å²) in [6.45, 7) is 4.00. The Bertz CT molecular complexity index is 651. The predicted octanol–water partition coefficient (Wildman–Crippen LogP) is 2.97. The molecule has 3 heterocycles. The van der Waals surface area contributed by atoms with Crippen LogP contribution in [0.1, 0.15) is 35.3 Å². The second-order valence-electron chi connectivity index (χ2n) is 6.55. The average molecular weight is 354 g/mol. The number of nitrogens with zero attached hydrogens (tertiary/aromatic N) is 5. The maximum absolute atomic E-state index is 6.04. The molecule has 1 saturated heterocycles. The van der Waals surface area contributed by atoms with Crippen molar-refractivity contribution in [3.05, 3.63) is 33.0 Å². The van der Waals surface area contributed by atoms with E-state index in [9.17, 15) is 0 Å². The van der Waals surface area contributed by atoms with E-state index in [2.05, 4.69) is 51.8 Å². The summed E-state index contributed by atoms with van der Waals surface area (Å²) in [7, 11) is 6.21. The van der Waals surface area contributed by atoms with E-state index in [0.717, 1.165) is 42.2 Å². The summed E-state index contributed by atoms with van der Waals surface area (Å²) in [5.74, 6) is 2.62.